The second kappa shape index (κ2) is 7.56. The zero-order valence-corrected chi connectivity index (χ0v) is 11.7. The molecule has 0 unspecified atom stereocenters. The van der Waals surface area contributed by atoms with Gasteiger partial charge in [-0.2, -0.15) is 0 Å². The number of aryl methyl sites for hydroxylation is 1. The van der Waals surface area contributed by atoms with Gasteiger partial charge in [0.25, 0.3) is 0 Å². The lowest BCUT2D eigenvalue weighted by atomic mass is 10.0. The minimum atomic E-state index is -0.196. The van der Waals surface area contributed by atoms with Gasteiger partial charge in [0.15, 0.2) is 5.82 Å². The first-order chi connectivity index (χ1) is 9.06. The molecule has 0 aliphatic carbocycles. The van der Waals surface area contributed by atoms with Gasteiger partial charge >= 0.3 is 0 Å². The lowest BCUT2D eigenvalue weighted by molar-refractivity contribution is -0.125. The van der Waals surface area contributed by atoms with E-state index in [1.165, 1.54) is 0 Å². The summed E-state index contributed by atoms with van der Waals surface area (Å²) < 4.78 is 4.83. The summed E-state index contributed by atoms with van der Waals surface area (Å²) in [5.74, 6) is 0.876. The number of hydrogen-bond acceptors (Lipinski definition) is 4. The van der Waals surface area contributed by atoms with Gasteiger partial charge in [0.05, 0.1) is 0 Å². The van der Waals surface area contributed by atoms with Crippen molar-refractivity contribution in [3.05, 3.63) is 11.8 Å². The van der Waals surface area contributed by atoms with Crippen LogP contribution in [0.25, 0.3) is 0 Å². The summed E-state index contributed by atoms with van der Waals surface area (Å²) in [5, 5.41) is 9.02. The predicted octanol–water partition coefficient (Wildman–Crippen LogP) is 1.86. The molecule has 106 valence electrons. The van der Waals surface area contributed by atoms with E-state index in [4.69, 9.17) is 4.52 Å². The van der Waals surface area contributed by atoms with Crippen LogP contribution in [-0.2, 0) is 9.59 Å². The summed E-state index contributed by atoms with van der Waals surface area (Å²) in [6.45, 7) is 6.04. The van der Waals surface area contributed by atoms with E-state index in [2.05, 4.69) is 15.8 Å². The van der Waals surface area contributed by atoms with Crippen LogP contribution in [0.1, 0.15) is 38.9 Å². The van der Waals surface area contributed by atoms with Crippen molar-refractivity contribution in [2.24, 2.45) is 5.92 Å². The predicted molar refractivity (Wildman–Crippen MR) is 71.6 cm³/mol. The monoisotopic (exact) mass is 267 g/mol. The summed E-state index contributed by atoms with van der Waals surface area (Å²) in [6, 6.07) is 1.64. The van der Waals surface area contributed by atoms with Gasteiger partial charge in [0.2, 0.25) is 11.8 Å². The van der Waals surface area contributed by atoms with Gasteiger partial charge in [-0.05, 0) is 19.8 Å². The molecule has 19 heavy (non-hydrogen) atoms. The molecule has 0 saturated carbocycles. The molecule has 1 aromatic heterocycles. The number of nitrogens with zero attached hydrogens (tertiary/aromatic N) is 1. The van der Waals surface area contributed by atoms with Crippen LogP contribution in [0.4, 0.5) is 5.82 Å². The van der Waals surface area contributed by atoms with Gasteiger partial charge in [-0.1, -0.05) is 19.0 Å². The molecule has 2 amide bonds. The zero-order valence-electron chi connectivity index (χ0n) is 11.7. The Kier molecular flexibility index (Phi) is 6.05. The lowest BCUT2D eigenvalue weighted by Crippen LogP contribution is -2.32. The first-order valence-electron chi connectivity index (χ1n) is 6.57. The molecule has 0 spiro atoms. The van der Waals surface area contributed by atoms with E-state index < -0.39 is 0 Å². The Labute approximate surface area is 112 Å². The summed E-state index contributed by atoms with van der Waals surface area (Å²) in [4.78, 5) is 23.2. The van der Waals surface area contributed by atoms with Crippen molar-refractivity contribution in [2.45, 2.75) is 40.0 Å². The smallest absolute Gasteiger partial charge is 0.227 e. The highest BCUT2D eigenvalue weighted by Gasteiger charge is 2.14. The van der Waals surface area contributed by atoms with Crippen LogP contribution in [0.15, 0.2) is 10.6 Å². The third kappa shape index (κ3) is 5.11. The van der Waals surface area contributed by atoms with Crippen molar-refractivity contribution in [3.63, 3.8) is 0 Å². The van der Waals surface area contributed by atoms with Gasteiger partial charge in [-0.15, -0.1) is 0 Å². The second-order valence-electron chi connectivity index (χ2n) is 4.43. The summed E-state index contributed by atoms with van der Waals surface area (Å²) in [5.41, 5.74) is 0. The average molecular weight is 267 g/mol. The quantitative estimate of drug-likeness (QED) is 0.789. The van der Waals surface area contributed by atoms with E-state index in [9.17, 15) is 9.59 Å². The topological polar surface area (TPSA) is 84.2 Å². The van der Waals surface area contributed by atoms with Gasteiger partial charge in [-0.3, -0.25) is 9.59 Å². The Morgan fingerprint density at radius 3 is 2.58 bits per heavy atom. The first kappa shape index (κ1) is 15.2. The SMILES string of the molecule is CCC(CC)C(=O)NCCC(=O)Nc1cc(C)on1. The fraction of sp³-hybridized carbons (Fsp3) is 0.615. The molecule has 6 nitrogen and oxygen atoms in total. The Morgan fingerprint density at radius 2 is 2.05 bits per heavy atom. The molecule has 0 aliphatic rings. The third-order valence-electron chi connectivity index (χ3n) is 2.90. The number of rotatable bonds is 7. The van der Waals surface area contributed by atoms with E-state index in [1.54, 1.807) is 13.0 Å². The Bertz CT molecular complexity index is 425. The largest absolute Gasteiger partial charge is 0.360 e. The average Bonchev–Trinajstić information content (AvgIpc) is 2.76. The van der Waals surface area contributed by atoms with Crippen LogP contribution >= 0.6 is 0 Å². The molecule has 0 saturated heterocycles. The molecule has 0 fully saturated rings. The molecule has 2 N–H and O–H groups in total. The third-order valence-corrected chi connectivity index (χ3v) is 2.90. The molecule has 1 aromatic rings. The maximum atomic E-state index is 11.7. The van der Waals surface area contributed by atoms with Crippen LogP contribution in [-0.4, -0.2) is 23.5 Å². The molecule has 1 rings (SSSR count). The molecular formula is C13H21N3O3. The van der Waals surface area contributed by atoms with Crippen LogP contribution in [0.5, 0.6) is 0 Å². The highest BCUT2D eigenvalue weighted by molar-refractivity contribution is 5.90. The van der Waals surface area contributed by atoms with Crippen molar-refractivity contribution in [2.75, 3.05) is 11.9 Å². The fourth-order valence-corrected chi connectivity index (χ4v) is 1.73. The van der Waals surface area contributed by atoms with Gasteiger partial charge < -0.3 is 15.2 Å². The van der Waals surface area contributed by atoms with E-state index >= 15 is 0 Å². The summed E-state index contributed by atoms with van der Waals surface area (Å²) in [7, 11) is 0. The van der Waals surface area contributed by atoms with E-state index in [0.29, 0.717) is 18.1 Å². The van der Waals surface area contributed by atoms with Gasteiger partial charge in [0, 0.05) is 24.9 Å². The molecule has 0 radical (unpaired) electrons. The highest BCUT2D eigenvalue weighted by Crippen LogP contribution is 2.08. The Balaban J connectivity index is 2.25. The van der Waals surface area contributed by atoms with Crippen molar-refractivity contribution >= 4 is 17.6 Å². The fourth-order valence-electron chi connectivity index (χ4n) is 1.73. The van der Waals surface area contributed by atoms with Crippen molar-refractivity contribution < 1.29 is 14.1 Å². The molecule has 0 bridgehead atoms. The number of anilines is 1. The highest BCUT2D eigenvalue weighted by atomic mass is 16.5. The van der Waals surface area contributed by atoms with Crippen molar-refractivity contribution in [1.82, 2.24) is 10.5 Å². The second-order valence-corrected chi connectivity index (χ2v) is 4.43. The van der Waals surface area contributed by atoms with Crippen molar-refractivity contribution in [3.8, 4) is 0 Å². The number of nitrogens with one attached hydrogen (secondary N) is 2. The molecule has 0 aliphatic heterocycles. The van der Waals surface area contributed by atoms with Crippen LogP contribution < -0.4 is 10.6 Å². The van der Waals surface area contributed by atoms with E-state index in [1.807, 2.05) is 13.8 Å². The van der Waals surface area contributed by atoms with Crippen LogP contribution in [0.2, 0.25) is 0 Å². The van der Waals surface area contributed by atoms with Gasteiger partial charge in [-0.25, -0.2) is 0 Å². The molecule has 6 heteroatoms. The number of carbonyl (C=O) groups excluding carboxylic acids is 2. The summed E-state index contributed by atoms with van der Waals surface area (Å²) >= 11 is 0. The molecule has 0 atom stereocenters. The number of carbonyl (C=O) groups is 2. The number of amides is 2. The number of aromatic nitrogens is 1. The summed E-state index contributed by atoms with van der Waals surface area (Å²) in [6.07, 6.45) is 1.84. The van der Waals surface area contributed by atoms with Crippen LogP contribution in [0.3, 0.4) is 0 Å². The lowest BCUT2D eigenvalue weighted by Gasteiger charge is -2.12. The minimum Gasteiger partial charge on any atom is -0.360 e. The maximum absolute atomic E-state index is 11.7. The molecule has 1 heterocycles. The zero-order chi connectivity index (χ0) is 14.3. The molecule has 0 aromatic carbocycles. The first-order valence-corrected chi connectivity index (χ1v) is 6.57. The Morgan fingerprint density at radius 1 is 1.37 bits per heavy atom. The standard InChI is InChI=1S/C13H21N3O3/c1-4-10(5-2)13(18)14-7-6-12(17)15-11-8-9(3)19-16-11/h8,10H,4-7H2,1-3H3,(H,14,18)(H,15,16,17). The van der Waals surface area contributed by atoms with Crippen LogP contribution in [0, 0.1) is 12.8 Å². The Hall–Kier alpha value is -1.85. The van der Waals surface area contributed by atoms with Gasteiger partial charge in [0.1, 0.15) is 5.76 Å². The maximum Gasteiger partial charge on any atom is 0.227 e. The molecular weight excluding hydrogens is 246 g/mol. The van der Waals surface area contributed by atoms with E-state index in [0.717, 1.165) is 12.8 Å². The van der Waals surface area contributed by atoms with Crippen molar-refractivity contribution in [1.29, 1.82) is 0 Å². The normalized spacial score (nSPS) is 10.5. The number of hydrogen-bond donors (Lipinski definition) is 2. The minimum absolute atomic E-state index is 0.00933. The van der Waals surface area contributed by atoms with E-state index in [-0.39, 0.29) is 24.2 Å².